The Kier molecular flexibility index (Phi) is 5.09. The molecule has 3 heterocycles. The van der Waals surface area contributed by atoms with Crippen molar-refractivity contribution >= 4 is 16.8 Å². The highest BCUT2D eigenvalue weighted by atomic mass is 35.5. The second kappa shape index (κ2) is 7.85. The van der Waals surface area contributed by atoms with Crippen LogP contribution in [-0.2, 0) is 12.0 Å². The Labute approximate surface area is 199 Å². The molecule has 0 saturated heterocycles. The predicted octanol–water partition coefficient (Wildman–Crippen LogP) is 2.45. The maximum Gasteiger partial charge on any atom is 0.368 e. The van der Waals surface area contributed by atoms with E-state index in [1.165, 1.54) is 22.2 Å². The van der Waals surface area contributed by atoms with E-state index in [4.69, 9.17) is 9.47 Å². The molecule has 5 aromatic rings. The number of hydrogen-bond donors (Lipinski definition) is 1. The average molecular weight is 460 g/mol. The minimum atomic E-state index is 0. The molecule has 1 N–H and O–H groups in total. The highest BCUT2D eigenvalue weighted by Gasteiger charge is 2.23. The number of halogens is 1. The van der Waals surface area contributed by atoms with Crippen molar-refractivity contribution in [3.63, 3.8) is 0 Å². The van der Waals surface area contributed by atoms with Gasteiger partial charge in [0.25, 0.3) is 0 Å². The van der Waals surface area contributed by atoms with Crippen LogP contribution in [0.3, 0.4) is 0 Å². The van der Waals surface area contributed by atoms with Crippen LogP contribution in [0.2, 0.25) is 0 Å². The number of ether oxygens (including phenoxy) is 2. The summed E-state index contributed by atoms with van der Waals surface area (Å²) >= 11 is 0. The molecule has 5 nitrogen and oxygen atoms in total. The second-order valence-corrected chi connectivity index (χ2v) is 9.45. The first-order valence-electron chi connectivity index (χ1n) is 11.0. The van der Waals surface area contributed by atoms with Crippen LogP contribution in [0.25, 0.3) is 28.1 Å². The topological polar surface area (TPSA) is 42.5 Å². The van der Waals surface area contributed by atoms with E-state index >= 15 is 0 Å². The largest absolute Gasteiger partial charge is 1.00 e. The summed E-state index contributed by atoms with van der Waals surface area (Å²) in [5.41, 5.74) is 7.28. The third-order valence-corrected chi connectivity index (χ3v) is 6.26. The van der Waals surface area contributed by atoms with E-state index < -0.39 is 0 Å². The monoisotopic (exact) mass is 459 g/mol. The van der Waals surface area contributed by atoms with Gasteiger partial charge in [0.15, 0.2) is 11.5 Å². The van der Waals surface area contributed by atoms with E-state index in [1.807, 2.05) is 12.1 Å². The van der Waals surface area contributed by atoms with Crippen molar-refractivity contribution in [2.45, 2.75) is 32.7 Å². The van der Waals surface area contributed by atoms with Crippen LogP contribution in [-0.4, -0.2) is 16.2 Å². The minimum Gasteiger partial charge on any atom is -1.00 e. The first-order valence-corrected chi connectivity index (χ1v) is 11.0. The van der Waals surface area contributed by atoms with Crippen molar-refractivity contribution < 1.29 is 26.4 Å². The van der Waals surface area contributed by atoms with E-state index in [0.29, 0.717) is 0 Å². The molecule has 33 heavy (non-hydrogen) atoms. The fraction of sp³-hybridized carbons (Fsp3) is 0.222. The molecule has 0 saturated carbocycles. The van der Waals surface area contributed by atoms with E-state index in [1.54, 1.807) is 0 Å². The molecular formula is C27H26ClN3O2. The summed E-state index contributed by atoms with van der Waals surface area (Å²) in [5, 5.41) is 0. The number of rotatable bonds is 3. The van der Waals surface area contributed by atoms with Crippen LogP contribution in [0.15, 0.2) is 72.9 Å². The van der Waals surface area contributed by atoms with Gasteiger partial charge in [-0.15, -0.1) is 0 Å². The maximum absolute atomic E-state index is 5.57. The first kappa shape index (κ1) is 21.4. The third kappa shape index (κ3) is 3.62. The van der Waals surface area contributed by atoms with Crippen molar-refractivity contribution in [1.82, 2.24) is 9.38 Å². The molecular weight excluding hydrogens is 434 g/mol. The zero-order chi connectivity index (χ0) is 21.9. The Morgan fingerprint density at radius 1 is 0.939 bits per heavy atom. The Bertz CT molecular complexity index is 1460. The molecule has 6 heteroatoms. The summed E-state index contributed by atoms with van der Waals surface area (Å²) in [6.07, 6.45) is 2.16. The van der Waals surface area contributed by atoms with Gasteiger partial charge in [0, 0.05) is 5.56 Å². The van der Waals surface area contributed by atoms with Gasteiger partial charge in [-0.1, -0.05) is 57.2 Å². The number of para-hydroxylation sites is 2. The number of aromatic nitrogens is 3. The molecule has 0 fully saturated rings. The lowest BCUT2D eigenvalue weighted by Crippen LogP contribution is -3.00. The zero-order valence-electron chi connectivity index (χ0n) is 18.9. The predicted molar refractivity (Wildman–Crippen MR) is 125 cm³/mol. The van der Waals surface area contributed by atoms with Crippen molar-refractivity contribution in [2.24, 2.45) is 0 Å². The molecule has 0 atom stereocenters. The summed E-state index contributed by atoms with van der Waals surface area (Å²) in [6.45, 7) is 7.82. The number of H-pyrrole nitrogens is 1. The van der Waals surface area contributed by atoms with E-state index in [9.17, 15) is 0 Å². The first-order chi connectivity index (χ1) is 15.5. The van der Waals surface area contributed by atoms with E-state index in [0.717, 1.165) is 35.1 Å². The van der Waals surface area contributed by atoms with Crippen molar-refractivity contribution in [1.29, 1.82) is 0 Å². The quantitative estimate of drug-likeness (QED) is 0.421. The smallest absolute Gasteiger partial charge is 0.368 e. The molecule has 0 unspecified atom stereocenters. The van der Waals surface area contributed by atoms with Gasteiger partial charge >= 0.3 is 5.78 Å². The molecule has 0 aliphatic carbocycles. The number of hydrogen-bond acceptors (Lipinski definition) is 2. The van der Waals surface area contributed by atoms with Gasteiger partial charge in [-0.3, -0.25) is 0 Å². The molecule has 6 rings (SSSR count). The number of aromatic amines is 1. The number of nitrogens with one attached hydrogen (secondary N) is 1. The molecule has 0 bridgehead atoms. The molecule has 2 aromatic heterocycles. The van der Waals surface area contributed by atoms with Gasteiger partial charge < -0.3 is 21.9 Å². The fourth-order valence-electron chi connectivity index (χ4n) is 4.46. The van der Waals surface area contributed by atoms with Gasteiger partial charge in [-0.05, 0) is 46.9 Å². The van der Waals surface area contributed by atoms with Gasteiger partial charge in [-0.2, -0.15) is 4.40 Å². The van der Waals surface area contributed by atoms with Gasteiger partial charge in [0.05, 0.1) is 6.54 Å². The molecule has 0 amide bonds. The molecule has 1 aliphatic rings. The van der Waals surface area contributed by atoms with Crippen molar-refractivity contribution in [2.75, 3.05) is 6.79 Å². The summed E-state index contributed by atoms with van der Waals surface area (Å²) < 4.78 is 15.6. The lowest BCUT2D eigenvalue weighted by molar-refractivity contribution is -0.638. The zero-order valence-corrected chi connectivity index (χ0v) is 19.7. The van der Waals surface area contributed by atoms with Crippen LogP contribution in [0.5, 0.6) is 11.5 Å². The van der Waals surface area contributed by atoms with E-state index in [2.05, 4.69) is 95.5 Å². The number of nitrogens with zero attached hydrogens (tertiary/aromatic N) is 2. The third-order valence-electron chi connectivity index (χ3n) is 6.26. The fourth-order valence-corrected chi connectivity index (χ4v) is 4.46. The SMILES string of the molecule is CC(C)(C)c1ccc(C[n+]2c3ccccc3n3cc(-c4ccc5c(c4)OCO5)[nH]c32)cc1.[Cl-]. The van der Waals surface area contributed by atoms with Crippen LogP contribution in [0.1, 0.15) is 31.9 Å². The van der Waals surface area contributed by atoms with Crippen LogP contribution in [0.4, 0.5) is 0 Å². The van der Waals surface area contributed by atoms with E-state index in [-0.39, 0.29) is 24.6 Å². The molecule has 0 radical (unpaired) electrons. The lowest BCUT2D eigenvalue weighted by atomic mass is 9.87. The van der Waals surface area contributed by atoms with Gasteiger partial charge in [-0.25, -0.2) is 9.55 Å². The second-order valence-electron chi connectivity index (χ2n) is 9.45. The minimum absolute atomic E-state index is 0. The molecule has 168 valence electrons. The number of fused-ring (bicyclic) bond motifs is 4. The number of benzene rings is 3. The Hall–Kier alpha value is -3.44. The molecule has 3 aromatic carbocycles. The highest BCUT2D eigenvalue weighted by Crippen LogP contribution is 2.36. The van der Waals surface area contributed by atoms with Crippen LogP contribution in [0, 0.1) is 0 Å². The average Bonchev–Trinajstić information content (AvgIpc) is 3.49. The summed E-state index contributed by atoms with van der Waals surface area (Å²) in [6, 6.07) is 23.6. The van der Waals surface area contributed by atoms with Crippen LogP contribution >= 0.6 is 0 Å². The Morgan fingerprint density at radius 2 is 1.70 bits per heavy atom. The summed E-state index contributed by atoms with van der Waals surface area (Å²) in [4.78, 5) is 3.65. The lowest BCUT2D eigenvalue weighted by Gasteiger charge is -2.19. The maximum atomic E-state index is 5.57. The molecule has 0 spiro atoms. The Morgan fingerprint density at radius 3 is 2.48 bits per heavy atom. The van der Waals surface area contributed by atoms with Gasteiger partial charge in [0.1, 0.15) is 22.9 Å². The Balaban J connectivity index is 0.00000228. The van der Waals surface area contributed by atoms with Gasteiger partial charge in [0.2, 0.25) is 6.79 Å². The number of imidazole rings is 2. The standard InChI is InChI=1S/C27H25N3O2.ClH/c1-27(2,3)20-11-8-18(9-12-20)15-29-22-6-4-5-7-23(22)30-16-21(28-26(29)30)19-10-13-24-25(14-19)32-17-31-24;/h4-14,16H,15,17H2,1-3H3;1H. The summed E-state index contributed by atoms with van der Waals surface area (Å²) in [7, 11) is 0. The normalized spacial score (nSPS) is 12.9. The van der Waals surface area contributed by atoms with Crippen molar-refractivity contribution in [3.05, 3.63) is 84.1 Å². The molecule has 1 aliphatic heterocycles. The summed E-state index contributed by atoms with van der Waals surface area (Å²) in [5.74, 6) is 2.64. The van der Waals surface area contributed by atoms with Crippen LogP contribution < -0.4 is 26.4 Å². The van der Waals surface area contributed by atoms with Crippen molar-refractivity contribution in [3.8, 4) is 22.8 Å². The highest BCUT2D eigenvalue weighted by molar-refractivity contribution is 5.77.